The standard InChI is InChI=1S/C18H15S.CH2O2/c1-4-10-16(11-5-1)19(17-12-6-2-7-13-17)18-14-8-3-9-15-18;2-1-3/h1-15H;1H,(H,2,3)/q+1;/p-1. The first-order valence-corrected chi connectivity index (χ1v) is 8.04. The molecule has 0 saturated heterocycles. The molecule has 3 rings (SSSR count). The maximum absolute atomic E-state index is 8.25. The molecular weight excluding hydrogens is 292 g/mol. The van der Waals surface area contributed by atoms with Crippen LogP contribution in [-0.2, 0) is 15.7 Å². The van der Waals surface area contributed by atoms with Gasteiger partial charge in [0.2, 0.25) is 0 Å². The minimum atomic E-state index is -0.500. The molecule has 0 radical (unpaired) electrons. The summed E-state index contributed by atoms with van der Waals surface area (Å²) >= 11 is 0. The van der Waals surface area contributed by atoms with Crippen molar-refractivity contribution >= 4 is 17.4 Å². The van der Waals surface area contributed by atoms with Crippen LogP contribution >= 0.6 is 0 Å². The summed E-state index contributed by atoms with van der Waals surface area (Å²) in [4.78, 5) is 12.3. The van der Waals surface area contributed by atoms with Gasteiger partial charge in [-0.2, -0.15) is 0 Å². The van der Waals surface area contributed by atoms with Gasteiger partial charge in [-0.3, -0.25) is 0 Å². The van der Waals surface area contributed by atoms with Crippen LogP contribution in [0.3, 0.4) is 0 Å². The maximum atomic E-state index is 8.25. The van der Waals surface area contributed by atoms with Gasteiger partial charge in [-0.15, -0.1) is 0 Å². The van der Waals surface area contributed by atoms with Crippen molar-refractivity contribution in [3.63, 3.8) is 0 Å². The van der Waals surface area contributed by atoms with Crippen molar-refractivity contribution in [2.24, 2.45) is 0 Å². The smallest absolute Gasteiger partial charge is 0.166 e. The summed E-state index contributed by atoms with van der Waals surface area (Å²) in [5.41, 5.74) is 0. The van der Waals surface area contributed by atoms with Gasteiger partial charge in [-0.25, -0.2) is 0 Å². The van der Waals surface area contributed by atoms with E-state index in [2.05, 4.69) is 91.0 Å². The summed E-state index contributed by atoms with van der Waals surface area (Å²) in [5.74, 6) is 0. The fourth-order valence-corrected chi connectivity index (χ4v) is 4.18. The average molecular weight is 308 g/mol. The predicted octanol–water partition coefficient (Wildman–Crippen LogP) is 3.15. The molecule has 0 unspecified atom stereocenters. The molecule has 0 aliphatic rings. The molecule has 22 heavy (non-hydrogen) atoms. The molecule has 0 spiro atoms. The van der Waals surface area contributed by atoms with Crippen molar-refractivity contribution in [1.82, 2.24) is 0 Å². The summed E-state index contributed by atoms with van der Waals surface area (Å²) in [7, 11) is -0.0146. The van der Waals surface area contributed by atoms with Gasteiger partial charge < -0.3 is 9.90 Å². The Morgan fingerprint density at radius 1 is 0.591 bits per heavy atom. The molecule has 0 N–H and O–H groups in total. The minimum absolute atomic E-state index is 0.0146. The molecule has 0 amide bonds. The average Bonchev–Trinajstić information content (AvgIpc) is 2.59. The number of benzene rings is 3. The van der Waals surface area contributed by atoms with E-state index in [0.29, 0.717) is 0 Å². The number of carboxylic acid groups (broad SMARTS) is 1. The van der Waals surface area contributed by atoms with Crippen molar-refractivity contribution in [2.45, 2.75) is 14.7 Å². The second-order valence-corrected chi connectivity index (χ2v) is 6.37. The van der Waals surface area contributed by atoms with E-state index in [1.807, 2.05) is 0 Å². The van der Waals surface area contributed by atoms with Gasteiger partial charge in [0.05, 0.1) is 10.9 Å². The first-order valence-electron chi connectivity index (χ1n) is 6.82. The van der Waals surface area contributed by atoms with Crippen LogP contribution in [0.15, 0.2) is 106 Å². The van der Waals surface area contributed by atoms with Crippen LogP contribution in [0.4, 0.5) is 0 Å². The summed E-state index contributed by atoms with van der Waals surface area (Å²) in [5, 5.41) is 8.25. The van der Waals surface area contributed by atoms with Crippen molar-refractivity contribution in [1.29, 1.82) is 0 Å². The molecule has 3 heteroatoms. The van der Waals surface area contributed by atoms with Crippen LogP contribution in [-0.4, -0.2) is 6.47 Å². The highest BCUT2D eigenvalue weighted by Gasteiger charge is 2.27. The number of hydrogen-bond donors (Lipinski definition) is 0. The molecule has 0 fully saturated rings. The number of carbonyl (C=O) groups excluding carboxylic acids is 1. The van der Waals surface area contributed by atoms with Crippen LogP contribution in [0.5, 0.6) is 0 Å². The van der Waals surface area contributed by atoms with Gasteiger partial charge in [0.15, 0.2) is 14.7 Å². The van der Waals surface area contributed by atoms with Crippen LogP contribution in [0, 0.1) is 0 Å². The van der Waals surface area contributed by atoms with E-state index in [9.17, 15) is 0 Å². The van der Waals surface area contributed by atoms with Gasteiger partial charge in [0, 0.05) is 6.47 Å². The van der Waals surface area contributed by atoms with E-state index < -0.39 is 6.47 Å². The first kappa shape index (κ1) is 15.9. The SMILES string of the molecule is O=C[O-].c1ccc([S+](c2ccccc2)c2ccccc2)cc1. The molecule has 0 bridgehead atoms. The molecule has 3 aromatic carbocycles. The van der Waals surface area contributed by atoms with Gasteiger partial charge in [0.1, 0.15) is 0 Å². The van der Waals surface area contributed by atoms with E-state index in [1.54, 1.807) is 0 Å². The lowest BCUT2D eigenvalue weighted by molar-refractivity contribution is -0.283. The molecule has 0 saturated carbocycles. The zero-order valence-electron chi connectivity index (χ0n) is 12.0. The van der Waals surface area contributed by atoms with Crippen LogP contribution in [0.1, 0.15) is 0 Å². The molecular formula is C19H16O2S. The lowest BCUT2D eigenvalue weighted by Crippen LogP contribution is -2.04. The van der Waals surface area contributed by atoms with E-state index in [-0.39, 0.29) is 10.9 Å². The second-order valence-electron chi connectivity index (χ2n) is 4.34. The first-order chi connectivity index (χ1) is 10.9. The lowest BCUT2D eigenvalue weighted by atomic mass is 10.4. The Kier molecular flexibility index (Phi) is 6.27. The Balaban J connectivity index is 0.000000545. The summed E-state index contributed by atoms with van der Waals surface area (Å²) in [6, 6.07) is 32.2. The third-order valence-corrected chi connectivity index (χ3v) is 5.17. The van der Waals surface area contributed by atoms with Gasteiger partial charge in [-0.05, 0) is 36.4 Å². The van der Waals surface area contributed by atoms with Crippen LogP contribution < -0.4 is 5.11 Å². The lowest BCUT2D eigenvalue weighted by Gasteiger charge is -2.07. The molecule has 0 aliphatic carbocycles. The molecule has 0 aromatic heterocycles. The fraction of sp³-hybridized carbons (Fsp3) is 0. The topological polar surface area (TPSA) is 40.1 Å². The Hall–Kier alpha value is -2.52. The Labute approximate surface area is 133 Å². The molecule has 3 aromatic rings. The van der Waals surface area contributed by atoms with E-state index in [1.165, 1.54) is 14.7 Å². The van der Waals surface area contributed by atoms with Gasteiger partial charge in [-0.1, -0.05) is 54.6 Å². The largest absolute Gasteiger partial charge is 0.554 e. The van der Waals surface area contributed by atoms with Crippen LogP contribution in [0.2, 0.25) is 0 Å². The molecule has 2 nitrogen and oxygen atoms in total. The van der Waals surface area contributed by atoms with Gasteiger partial charge >= 0.3 is 0 Å². The highest BCUT2D eigenvalue weighted by atomic mass is 32.2. The summed E-state index contributed by atoms with van der Waals surface area (Å²) < 4.78 is 0. The van der Waals surface area contributed by atoms with Crippen molar-refractivity contribution in [3.05, 3.63) is 91.0 Å². The van der Waals surface area contributed by atoms with E-state index >= 15 is 0 Å². The highest BCUT2D eigenvalue weighted by Crippen LogP contribution is 2.30. The second kappa shape index (κ2) is 8.70. The summed E-state index contributed by atoms with van der Waals surface area (Å²) in [6.07, 6.45) is 0. The Morgan fingerprint density at radius 3 is 1.05 bits per heavy atom. The number of hydrogen-bond acceptors (Lipinski definition) is 2. The van der Waals surface area contributed by atoms with Crippen molar-refractivity contribution in [3.8, 4) is 0 Å². The molecule has 0 aliphatic heterocycles. The monoisotopic (exact) mass is 308 g/mol. The van der Waals surface area contributed by atoms with E-state index in [4.69, 9.17) is 9.90 Å². The molecule has 110 valence electrons. The third-order valence-electron chi connectivity index (χ3n) is 2.94. The summed E-state index contributed by atoms with van der Waals surface area (Å²) in [6.45, 7) is -0.500. The third kappa shape index (κ3) is 4.24. The predicted molar refractivity (Wildman–Crippen MR) is 87.6 cm³/mol. The van der Waals surface area contributed by atoms with Gasteiger partial charge in [0.25, 0.3) is 0 Å². The Bertz CT molecular complexity index is 576. The van der Waals surface area contributed by atoms with E-state index in [0.717, 1.165) is 0 Å². The number of rotatable bonds is 3. The zero-order valence-corrected chi connectivity index (χ0v) is 12.8. The maximum Gasteiger partial charge on any atom is 0.166 e. The van der Waals surface area contributed by atoms with Crippen LogP contribution in [0.25, 0.3) is 0 Å². The normalized spacial score (nSPS) is 9.68. The number of carbonyl (C=O) groups is 1. The van der Waals surface area contributed by atoms with Crippen molar-refractivity contribution in [2.75, 3.05) is 0 Å². The highest BCUT2D eigenvalue weighted by molar-refractivity contribution is 7.97. The fourth-order valence-electron chi connectivity index (χ4n) is 2.08. The minimum Gasteiger partial charge on any atom is -0.554 e. The molecule has 0 atom stereocenters. The quantitative estimate of drug-likeness (QED) is 0.551. The van der Waals surface area contributed by atoms with Crippen molar-refractivity contribution < 1.29 is 9.90 Å². The zero-order chi connectivity index (χ0) is 15.6. The Morgan fingerprint density at radius 2 is 0.818 bits per heavy atom. The molecule has 0 heterocycles.